The van der Waals surface area contributed by atoms with E-state index in [1.807, 2.05) is 18.2 Å². The van der Waals surface area contributed by atoms with Crippen LogP contribution in [0.1, 0.15) is 17.4 Å². The lowest BCUT2D eigenvalue weighted by atomic mass is 10.1. The van der Waals surface area contributed by atoms with E-state index in [1.165, 1.54) is 0 Å². The molecule has 0 aliphatic rings. The van der Waals surface area contributed by atoms with Crippen LogP contribution in [0.5, 0.6) is 5.75 Å². The van der Waals surface area contributed by atoms with Gasteiger partial charge < -0.3 is 20.1 Å². The van der Waals surface area contributed by atoms with E-state index in [2.05, 4.69) is 31.2 Å². The fourth-order valence-electron chi connectivity index (χ4n) is 1.86. The molecule has 0 aliphatic heterocycles. The van der Waals surface area contributed by atoms with E-state index >= 15 is 0 Å². The third-order valence-corrected chi connectivity index (χ3v) is 3.31. The lowest BCUT2D eigenvalue weighted by Crippen LogP contribution is -2.25. The van der Waals surface area contributed by atoms with Crippen LogP contribution in [0.2, 0.25) is 0 Å². The standard InChI is InChI=1S/C13H16BrN3O2/c1-19-12-3-2-9(14)6-10(12)11(8-18)17-7-13-15-4-5-16-13/h2-6,11,17-18H,7-8H2,1H3,(H,15,16)/t11-/m1/s1. The number of aliphatic hydroxyl groups is 1. The first-order chi connectivity index (χ1) is 9.24. The third-order valence-electron chi connectivity index (χ3n) is 2.82. The number of ether oxygens (including phenoxy) is 1. The summed E-state index contributed by atoms with van der Waals surface area (Å²) < 4.78 is 6.27. The van der Waals surface area contributed by atoms with Crippen LogP contribution in [-0.4, -0.2) is 28.8 Å². The second kappa shape index (κ2) is 6.70. The number of halogens is 1. The number of nitrogens with one attached hydrogen (secondary N) is 2. The van der Waals surface area contributed by atoms with Crippen LogP contribution < -0.4 is 10.1 Å². The molecule has 1 aromatic carbocycles. The van der Waals surface area contributed by atoms with Crippen molar-refractivity contribution in [3.05, 3.63) is 46.5 Å². The Bertz CT molecular complexity index is 517. The maximum Gasteiger partial charge on any atom is 0.123 e. The summed E-state index contributed by atoms with van der Waals surface area (Å²) >= 11 is 3.43. The Morgan fingerprint density at radius 1 is 1.53 bits per heavy atom. The van der Waals surface area contributed by atoms with Crippen molar-refractivity contribution in [2.24, 2.45) is 0 Å². The van der Waals surface area contributed by atoms with Crippen LogP contribution in [0.25, 0.3) is 0 Å². The molecule has 0 bridgehead atoms. The highest BCUT2D eigenvalue weighted by atomic mass is 79.9. The van der Waals surface area contributed by atoms with Crippen LogP contribution >= 0.6 is 15.9 Å². The monoisotopic (exact) mass is 325 g/mol. The molecule has 0 saturated heterocycles. The van der Waals surface area contributed by atoms with Crippen LogP contribution in [-0.2, 0) is 6.54 Å². The number of aliphatic hydroxyl groups excluding tert-OH is 1. The van der Waals surface area contributed by atoms with Gasteiger partial charge in [0, 0.05) is 22.4 Å². The molecule has 3 N–H and O–H groups in total. The maximum atomic E-state index is 9.55. The Morgan fingerprint density at radius 2 is 2.37 bits per heavy atom. The number of aromatic nitrogens is 2. The highest BCUT2D eigenvalue weighted by Crippen LogP contribution is 2.28. The Kier molecular flexibility index (Phi) is 4.95. The summed E-state index contributed by atoms with van der Waals surface area (Å²) in [6.07, 6.45) is 3.47. The predicted molar refractivity (Wildman–Crippen MR) is 75.9 cm³/mol. The van der Waals surface area contributed by atoms with Crippen LogP contribution in [0.3, 0.4) is 0 Å². The fourth-order valence-corrected chi connectivity index (χ4v) is 2.24. The molecule has 5 nitrogen and oxygen atoms in total. The normalized spacial score (nSPS) is 12.4. The fraction of sp³-hybridized carbons (Fsp3) is 0.308. The number of H-pyrrole nitrogens is 1. The van der Waals surface area contributed by atoms with Crippen molar-refractivity contribution in [1.82, 2.24) is 15.3 Å². The van der Waals surface area contributed by atoms with E-state index in [1.54, 1.807) is 19.5 Å². The minimum absolute atomic E-state index is 0.0203. The Morgan fingerprint density at radius 3 is 3.00 bits per heavy atom. The molecule has 0 unspecified atom stereocenters. The Balaban J connectivity index is 2.14. The number of methoxy groups -OCH3 is 1. The first-order valence-corrected chi connectivity index (χ1v) is 6.70. The molecule has 102 valence electrons. The average molecular weight is 326 g/mol. The molecule has 0 aliphatic carbocycles. The zero-order chi connectivity index (χ0) is 13.7. The number of hydrogen-bond donors (Lipinski definition) is 3. The van der Waals surface area contributed by atoms with Crippen molar-refractivity contribution < 1.29 is 9.84 Å². The van der Waals surface area contributed by atoms with Crippen molar-refractivity contribution in [1.29, 1.82) is 0 Å². The van der Waals surface area contributed by atoms with Crippen molar-refractivity contribution >= 4 is 15.9 Å². The lowest BCUT2D eigenvalue weighted by molar-refractivity contribution is 0.239. The topological polar surface area (TPSA) is 70.2 Å². The molecular formula is C13H16BrN3O2. The Labute approximate surface area is 120 Å². The van der Waals surface area contributed by atoms with Crippen molar-refractivity contribution in [2.75, 3.05) is 13.7 Å². The van der Waals surface area contributed by atoms with Gasteiger partial charge in [-0.25, -0.2) is 4.98 Å². The van der Waals surface area contributed by atoms with Gasteiger partial charge >= 0.3 is 0 Å². The maximum absolute atomic E-state index is 9.55. The molecule has 1 heterocycles. The van der Waals surface area contributed by atoms with Gasteiger partial charge in [0.1, 0.15) is 11.6 Å². The second-order valence-corrected chi connectivity index (χ2v) is 4.95. The minimum Gasteiger partial charge on any atom is -0.496 e. The van der Waals surface area contributed by atoms with Crippen LogP contribution in [0.4, 0.5) is 0 Å². The number of benzene rings is 1. The second-order valence-electron chi connectivity index (χ2n) is 4.04. The summed E-state index contributed by atoms with van der Waals surface area (Å²) in [6.45, 7) is 0.529. The van der Waals surface area contributed by atoms with E-state index in [-0.39, 0.29) is 12.6 Å². The summed E-state index contributed by atoms with van der Waals surface area (Å²) in [5.41, 5.74) is 0.908. The zero-order valence-corrected chi connectivity index (χ0v) is 12.1. The molecular weight excluding hydrogens is 310 g/mol. The molecule has 1 aromatic heterocycles. The lowest BCUT2D eigenvalue weighted by Gasteiger charge is -2.19. The summed E-state index contributed by atoms with van der Waals surface area (Å²) in [6, 6.07) is 5.51. The largest absolute Gasteiger partial charge is 0.496 e. The SMILES string of the molecule is COc1ccc(Br)cc1[C@@H](CO)NCc1ncc[nH]1. The quantitative estimate of drug-likeness (QED) is 0.759. The molecule has 6 heteroatoms. The van der Waals surface area contributed by atoms with Crippen LogP contribution in [0.15, 0.2) is 35.1 Å². The van der Waals surface area contributed by atoms with E-state index in [0.717, 1.165) is 21.6 Å². The molecule has 0 amide bonds. The van der Waals surface area contributed by atoms with Gasteiger partial charge in [0.2, 0.25) is 0 Å². The summed E-state index contributed by atoms with van der Waals surface area (Å²) in [5, 5.41) is 12.8. The van der Waals surface area contributed by atoms with E-state index in [9.17, 15) is 5.11 Å². The van der Waals surface area contributed by atoms with Gasteiger partial charge in [-0.3, -0.25) is 0 Å². The van der Waals surface area contributed by atoms with Gasteiger partial charge in [-0.05, 0) is 18.2 Å². The highest BCUT2D eigenvalue weighted by Gasteiger charge is 2.15. The molecule has 0 fully saturated rings. The molecule has 2 rings (SSSR count). The van der Waals surface area contributed by atoms with E-state index < -0.39 is 0 Å². The van der Waals surface area contributed by atoms with Gasteiger partial charge in [0.15, 0.2) is 0 Å². The smallest absolute Gasteiger partial charge is 0.123 e. The number of aromatic amines is 1. The van der Waals surface area contributed by atoms with Gasteiger partial charge in [0.05, 0.1) is 26.3 Å². The zero-order valence-electron chi connectivity index (χ0n) is 10.6. The number of rotatable bonds is 6. The molecule has 0 spiro atoms. The van der Waals surface area contributed by atoms with Gasteiger partial charge in [-0.1, -0.05) is 15.9 Å². The highest BCUT2D eigenvalue weighted by molar-refractivity contribution is 9.10. The molecule has 19 heavy (non-hydrogen) atoms. The molecule has 1 atom stereocenters. The minimum atomic E-state index is -0.211. The third kappa shape index (κ3) is 3.56. The van der Waals surface area contributed by atoms with Crippen molar-refractivity contribution in [3.8, 4) is 5.75 Å². The molecule has 0 saturated carbocycles. The predicted octanol–water partition coefficient (Wildman–Crippen LogP) is 2.00. The van der Waals surface area contributed by atoms with E-state index in [4.69, 9.17) is 4.74 Å². The summed E-state index contributed by atoms with van der Waals surface area (Å²) in [5.74, 6) is 1.57. The number of nitrogens with zero attached hydrogens (tertiary/aromatic N) is 1. The van der Waals surface area contributed by atoms with Crippen LogP contribution in [0, 0.1) is 0 Å². The van der Waals surface area contributed by atoms with E-state index in [0.29, 0.717) is 6.54 Å². The summed E-state index contributed by atoms with van der Waals surface area (Å²) in [4.78, 5) is 7.15. The Hall–Kier alpha value is -1.37. The average Bonchev–Trinajstić information content (AvgIpc) is 2.93. The molecule has 2 aromatic rings. The van der Waals surface area contributed by atoms with Gasteiger partial charge in [0.25, 0.3) is 0 Å². The summed E-state index contributed by atoms with van der Waals surface area (Å²) in [7, 11) is 1.62. The number of imidazole rings is 1. The van der Waals surface area contributed by atoms with Gasteiger partial charge in [-0.2, -0.15) is 0 Å². The first kappa shape index (κ1) is 14.0. The van der Waals surface area contributed by atoms with Gasteiger partial charge in [-0.15, -0.1) is 0 Å². The van der Waals surface area contributed by atoms with Crippen molar-refractivity contribution in [3.63, 3.8) is 0 Å². The first-order valence-electron chi connectivity index (χ1n) is 5.90. The molecule has 0 radical (unpaired) electrons. The number of hydrogen-bond acceptors (Lipinski definition) is 4. The van der Waals surface area contributed by atoms with Crippen molar-refractivity contribution in [2.45, 2.75) is 12.6 Å².